The fourth-order valence-electron chi connectivity index (χ4n) is 3.76. The van der Waals surface area contributed by atoms with Crippen molar-refractivity contribution in [3.8, 4) is 0 Å². The number of fused-ring (bicyclic) bond motifs is 1. The smallest absolute Gasteiger partial charge is 0.254 e. The number of benzene rings is 2. The van der Waals surface area contributed by atoms with Gasteiger partial charge in [0.15, 0.2) is 0 Å². The number of hydrogen-bond acceptors (Lipinski definition) is 3. The van der Waals surface area contributed by atoms with Gasteiger partial charge >= 0.3 is 0 Å². The van der Waals surface area contributed by atoms with Crippen LogP contribution >= 0.6 is 11.3 Å². The summed E-state index contributed by atoms with van der Waals surface area (Å²) in [5, 5.41) is 3.95. The Balaban J connectivity index is 1.48. The van der Waals surface area contributed by atoms with E-state index in [2.05, 4.69) is 34.6 Å². The monoisotopic (exact) mass is 414 g/mol. The maximum Gasteiger partial charge on any atom is 0.254 e. The minimum absolute atomic E-state index is 0.00419. The zero-order chi connectivity index (χ0) is 20.6. The van der Waals surface area contributed by atoms with Crippen LogP contribution in [0.5, 0.6) is 0 Å². The van der Waals surface area contributed by atoms with E-state index in [-0.39, 0.29) is 5.91 Å². The molecule has 4 rings (SSSR count). The van der Waals surface area contributed by atoms with Gasteiger partial charge in [-0.1, -0.05) is 66.7 Å². The van der Waals surface area contributed by atoms with Gasteiger partial charge in [0, 0.05) is 17.6 Å². The second-order valence-electron chi connectivity index (χ2n) is 7.43. The molecule has 0 atom stereocenters. The van der Waals surface area contributed by atoms with Crippen LogP contribution in [0.15, 0.2) is 71.7 Å². The highest BCUT2D eigenvalue weighted by Gasteiger charge is 2.24. The lowest BCUT2D eigenvalue weighted by Crippen LogP contribution is -2.26. The van der Waals surface area contributed by atoms with Crippen molar-refractivity contribution in [2.75, 3.05) is 6.54 Å². The average molecular weight is 415 g/mol. The van der Waals surface area contributed by atoms with Crippen molar-refractivity contribution in [1.29, 1.82) is 0 Å². The van der Waals surface area contributed by atoms with Gasteiger partial charge in [0.1, 0.15) is 5.00 Å². The molecule has 0 aliphatic heterocycles. The van der Waals surface area contributed by atoms with Gasteiger partial charge in [-0.2, -0.15) is 0 Å². The highest BCUT2D eigenvalue weighted by atomic mass is 32.1. The van der Waals surface area contributed by atoms with Crippen molar-refractivity contribution >= 4 is 34.5 Å². The van der Waals surface area contributed by atoms with Crippen LogP contribution in [0, 0.1) is 0 Å². The number of nitrogens with zero attached hydrogens (tertiary/aromatic N) is 1. The minimum Gasteiger partial charge on any atom is -0.352 e. The van der Waals surface area contributed by atoms with E-state index in [1.165, 1.54) is 22.4 Å². The Hall–Kier alpha value is -2.98. The Bertz CT molecular complexity index is 1040. The third-order valence-corrected chi connectivity index (χ3v) is 6.49. The second-order valence-corrected chi connectivity index (χ2v) is 8.51. The van der Waals surface area contributed by atoms with Crippen LogP contribution in [-0.2, 0) is 19.3 Å². The number of hydrogen-bond donors (Lipinski definition) is 1. The molecule has 0 spiro atoms. The van der Waals surface area contributed by atoms with Gasteiger partial charge in [0.25, 0.3) is 5.91 Å². The van der Waals surface area contributed by atoms with Crippen molar-refractivity contribution in [1.82, 2.24) is 5.32 Å². The highest BCUT2D eigenvalue weighted by Crippen LogP contribution is 2.39. The molecular formula is C26H26N2OS. The maximum absolute atomic E-state index is 13.0. The number of amides is 1. The number of thiophene rings is 1. The first-order chi connectivity index (χ1) is 14.8. The number of allylic oxidation sites excluding steroid dienone is 1. The number of nitrogens with one attached hydrogen (secondary N) is 1. The third-order valence-electron chi connectivity index (χ3n) is 5.29. The van der Waals surface area contributed by atoms with Crippen LogP contribution < -0.4 is 5.32 Å². The lowest BCUT2D eigenvalue weighted by Gasteiger charge is -2.12. The zero-order valence-corrected chi connectivity index (χ0v) is 17.8. The molecule has 0 fully saturated rings. The van der Waals surface area contributed by atoms with E-state index in [0.29, 0.717) is 6.54 Å². The summed E-state index contributed by atoms with van der Waals surface area (Å²) in [5.74, 6) is 0.00419. The minimum atomic E-state index is 0.00419. The van der Waals surface area contributed by atoms with E-state index in [1.807, 2.05) is 48.6 Å². The highest BCUT2D eigenvalue weighted by molar-refractivity contribution is 7.16. The number of carbonyl (C=O) groups excluding carboxylic acids is 1. The molecule has 3 aromatic rings. The maximum atomic E-state index is 13.0. The summed E-state index contributed by atoms with van der Waals surface area (Å²) >= 11 is 1.67. The summed E-state index contributed by atoms with van der Waals surface area (Å²) in [7, 11) is 0. The first kappa shape index (κ1) is 20.3. The Labute approximate surface area is 182 Å². The molecule has 1 N–H and O–H groups in total. The van der Waals surface area contributed by atoms with Gasteiger partial charge in [-0.25, -0.2) is 4.99 Å². The molecule has 152 valence electrons. The lowest BCUT2D eigenvalue weighted by molar-refractivity contribution is 0.0954. The molecule has 1 heterocycles. The number of carbonyl (C=O) groups is 1. The molecule has 0 unspecified atom stereocenters. The predicted octanol–water partition coefficient (Wildman–Crippen LogP) is 6.02. The van der Waals surface area contributed by atoms with E-state index in [1.54, 1.807) is 17.6 Å². The Kier molecular flexibility index (Phi) is 6.88. The molecule has 1 aliphatic rings. The normalized spacial score (nSPS) is 13.6. The first-order valence-corrected chi connectivity index (χ1v) is 11.4. The Morgan fingerprint density at radius 3 is 2.53 bits per heavy atom. The lowest BCUT2D eigenvalue weighted by atomic mass is 9.95. The van der Waals surface area contributed by atoms with E-state index >= 15 is 0 Å². The van der Waals surface area contributed by atoms with Gasteiger partial charge in [0.05, 0.1) is 5.56 Å². The van der Waals surface area contributed by atoms with Crippen LogP contribution in [0.4, 0.5) is 5.00 Å². The fourth-order valence-corrected chi connectivity index (χ4v) is 5.00. The molecule has 1 aliphatic carbocycles. The van der Waals surface area contributed by atoms with Gasteiger partial charge < -0.3 is 5.32 Å². The van der Waals surface area contributed by atoms with E-state index in [4.69, 9.17) is 0 Å². The number of aliphatic imine (C=N–C) groups is 1. The summed E-state index contributed by atoms with van der Waals surface area (Å²) < 4.78 is 0. The molecule has 2 aromatic carbocycles. The van der Waals surface area contributed by atoms with Crippen LogP contribution in [-0.4, -0.2) is 18.7 Å². The molecular weight excluding hydrogens is 388 g/mol. The van der Waals surface area contributed by atoms with Crippen molar-refractivity contribution < 1.29 is 4.79 Å². The van der Waals surface area contributed by atoms with Crippen LogP contribution in [0.25, 0.3) is 6.08 Å². The molecule has 0 saturated heterocycles. The molecule has 1 aromatic heterocycles. The van der Waals surface area contributed by atoms with Crippen LogP contribution in [0.2, 0.25) is 0 Å². The topological polar surface area (TPSA) is 41.5 Å². The number of aryl methyl sites for hydroxylation is 1. The first-order valence-electron chi connectivity index (χ1n) is 10.5. The summed E-state index contributed by atoms with van der Waals surface area (Å²) in [6.45, 7) is 0.629. The van der Waals surface area contributed by atoms with E-state index < -0.39 is 0 Å². The van der Waals surface area contributed by atoms with Gasteiger partial charge in [-0.3, -0.25) is 4.79 Å². The Morgan fingerprint density at radius 1 is 1.00 bits per heavy atom. The van der Waals surface area contributed by atoms with Crippen LogP contribution in [0.1, 0.15) is 44.8 Å². The number of rotatable bonds is 7. The quantitative estimate of drug-likeness (QED) is 0.472. The summed E-state index contributed by atoms with van der Waals surface area (Å²) in [6.07, 6.45) is 11.0. The van der Waals surface area contributed by atoms with Gasteiger partial charge in [-0.15, -0.1) is 11.3 Å². The summed E-state index contributed by atoms with van der Waals surface area (Å²) in [6, 6.07) is 20.4. The van der Waals surface area contributed by atoms with Crippen molar-refractivity contribution in [3.63, 3.8) is 0 Å². The molecule has 0 radical (unpaired) electrons. The Morgan fingerprint density at radius 2 is 1.73 bits per heavy atom. The molecule has 0 saturated carbocycles. The predicted molar refractivity (Wildman–Crippen MR) is 127 cm³/mol. The second kappa shape index (κ2) is 10.2. The SMILES string of the molecule is O=C(NCCc1ccccc1)c1c(N=C/C=C\c2ccccc2)sc2c1CCCC2. The average Bonchev–Trinajstić information content (AvgIpc) is 3.16. The van der Waals surface area contributed by atoms with Crippen LogP contribution in [0.3, 0.4) is 0 Å². The molecule has 0 bridgehead atoms. The van der Waals surface area contributed by atoms with Gasteiger partial charge in [0.2, 0.25) is 0 Å². The largest absolute Gasteiger partial charge is 0.352 e. The molecule has 3 nitrogen and oxygen atoms in total. The van der Waals surface area contributed by atoms with Gasteiger partial charge in [-0.05, 0) is 54.9 Å². The third kappa shape index (κ3) is 5.14. The van der Waals surface area contributed by atoms with Crippen molar-refractivity contribution in [3.05, 3.63) is 93.9 Å². The van der Waals surface area contributed by atoms with Crippen molar-refractivity contribution in [2.24, 2.45) is 4.99 Å². The molecule has 1 amide bonds. The summed E-state index contributed by atoms with van der Waals surface area (Å²) in [4.78, 5) is 19.0. The molecule has 30 heavy (non-hydrogen) atoms. The zero-order valence-electron chi connectivity index (χ0n) is 17.0. The standard InChI is InChI=1S/C26H26N2OS/c29-25(27-19-17-21-12-5-2-6-13-21)24-22-15-7-8-16-23(22)30-26(24)28-18-9-14-20-10-3-1-4-11-20/h1-6,9-14,18H,7-8,15-17,19H2,(H,27,29)/b14-9-,28-18?. The van der Waals surface area contributed by atoms with E-state index in [0.717, 1.165) is 41.8 Å². The summed E-state index contributed by atoms with van der Waals surface area (Å²) in [5.41, 5.74) is 4.36. The fraction of sp³-hybridized carbons (Fsp3) is 0.231. The van der Waals surface area contributed by atoms with E-state index in [9.17, 15) is 4.79 Å². The van der Waals surface area contributed by atoms with Crippen molar-refractivity contribution in [2.45, 2.75) is 32.1 Å². The molecule has 4 heteroatoms.